The standard InChI is InChI=1S/C35H50O/c1-21-30(3,4)25-17-15-23(19-27(25)32(21,7)8)34(11,12)29(36)35(13,14)24-16-18-26-28(20-24)33(9,10)22(2)31(26,5)6/h15-22H,1-14H3. The van der Waals surface area contributed by atoms with E-state index in [4.69, 9.17) is 0 Å². The maximum atomic E-state index is 14.4. The summed E-state index contributed by atoms with van der Waals surface area (Å²) in [5.41, 5.74) is 7.20. The number of carbonyl (C=O) groups excluding carboxylic acids is 1. The molecule has 2 aliphatic carbocycles. The zero-order valence-corrected chi connectivity index (χ0v) is 25.5. The largest absolute Gasteiger partial charge is 0.298 e. The van der Waals surface area contributed by atoms with E-state index in [1.807, 2.05) is 0 Å². The number of ketones is 1. The van der Waals surface area contributed by atoms with E-state index in [1.165, 1.54) is 22.3 Å². The van der Waals surface area contributed by atoms with Crippen molar-refractivity contribution in [1.82, 2.24) is 0 Å². The molecule has 2 aromatic carbocycles. The summed E-state index contributed by atoms with van der Waals surface area (Å²) in [6.45, 7) is 32.1. The van der Waals surface area contributed by atoms with Crippen molar-refractivity contribution >= 4 is 5.78 Å². The van der Waals surface area contributed by atoms with Crippen LogP contribution < -0.4 is 0 Å². The van der Waals surface area contributed by atoms with E-state index >= 15 is 0 Å². The van der Waals surface area contributed by atoms with E-state index in [1.54, 1.807) is 0 Å². The lowest BCUT2D eigenvalue weighted by Gasteiger charge is -2.36. The van der Waals surface area contributed by atoms with Crippen LogP contribution in [0.5, 0.6) is 0 Å². The van der Waals surface area contributed by atoms with Crippen LogP contribution in [0.15, 0.2) is 36.4 Å². The van der Waals surface area contributed by atoms with Gasteiger partial charge in [0.05, 0.1) is 0 Å². The van der Waals surface area contributed by atoms with Gasteiger partial charge in [0.1, 0.15) is 0 Å². The average Bonchev–Trinajstić information content (AvgIpc) is 3.02. The van der Waals surface area contributed by atoms with Gasteiger partial charge in [0.15, 0.2) is 5.78 Å². The quantitative estimate of drug-likeness (QED) is 0.421. The summed E-state index contributed by atoms with van der Waals surface area (Å²) in [4.78, 5) is 14.4. The van der Waals surface area contributed by atoms with Gasteiger partial charge in [-0.3, -0.25) is 4.79 Å². The highest BCUT2D eigenvalue weighted by molar-refractivity contribution is 5.98. The Morgan fingerprint density at radius 2 is 0.833 bits per heavy atom. The van der Waals surface area contributed by atoms with E-state index in [-0.39, 0.29) is 27.4 Å². The SMILES string of the molecule is CC1C(C)(C)c2ccc(C(C)(C)C(=O)C(C)(C)c3ccc4c(c3)C(C)(C)C(C)C4(C)C)cc2C1(C)C. The molecule has 2 aromatic rings. The zero-order valence-electron chi connectivity index (χ0n) is 25.5. The predicted octanol–water partition coefficient (Wildman–Crippen LogP) is 8.92. The second kappa shape index (κ2) is 7.58. The van der Waals surface area contributed by atoms with Crippen molar-refractivity contribution in [1.29, 1.82) is 0 Å². The highest BCUT2D eigenvalue weighted by Gasteiger charge is 2.51. The predicted molar refractivity (Wildman–Crippen MR) is 154 cm³/mol. The minimum absolute atomic E-state index is 0.0819. The van der Waals surface area contributed by atoms with Crippen molar-refractivity contribution in [2.24, 2.45) is 11.8 Å². The van der Waals surface area contributed by atoms with Gasteiger partial charge in [-0.25, -0.2) is 0 Å². The number of benzene rings is 2. The smallest absolute Gasteiger partial charge is 0.152 e. The lowest BCUT2D eigenvalue weighted by atomic mass is 9.66. The van der Waals surface area contributed by atoms with Crippen LogP contribution >= 0.6 is 0 Å². The van der Waals surface area contributed by atoms with Gasteiger partial charge in [0, 0.05) is 10.8 Å². The molecule has 0 N–H and O–H groups in total. The van der Waals surface area contributed by atoms with Crippen LogP contribution in [0.2, 0.25) is 0 Å². The highest BCUT2D eigenvalue weighted by atomic mass is 16.1. The van der Waals surface area contributed by atoms with Gasteiger partial charge in [-0.2, -0.15) is 0 Å². The summed E-state index contributed by atoms with van der Waals surface area (Å²) >= 11 is 0. The molecular formula is C35H50O. The Morgan fingerprint density at radius 1 is 0.556 bits per heavy atom. The lowest BCUT2D eigenvalue weighted by molar-refractivity contribution is -0.128. The van der Waals surface area contributed by atoms with Crippen molar-refractivity contribution in [2.75, 3.05) is 0 Å². The number of hydrogen-bond acceptors (Lipinski definition) is 1. The molecule has 2 aliphatic rings. The van der Waals surface area contributed by atoms with Crippen molar-refractivity contribution in [3.05, 3.63) is 69.8 Å². The van der Waals surface area contributed by atoms with E-state index in [2.05, 4.69) is 133 Å². The molecule has 0 saturated carbocycles. The Hall–Kier alpha value is -1.89. The summed E-state index contributed by atoms with van der Waals surface area (Å²) in [7, 11) is 0. The Labute approximate surface area is 221 Å². The number of Topliss-reactive ketones (excluding diaryl/α,β-unsaturated/α-hetero) is 1. The second-order valence-electron chi connectivity index (χ2n) is 15.4. The van der Waals surface area contributed by atoms with E-state index in [0.717, 1.165) is 11.1 Å². The zero-order chi connectivity index (χ0) is 27.4. The summed E-state index contributed by atoms with van der Waals surface area (Å²) in [5, 5.41) is 0. The van der Waals surface area contributed by atoms with Crippen LogP contribution in [0, 0.1) is 11.8 Å². The first-order valence-corrected chi connectivity index (χ1v) is 14.0. The summed E-state index contributed by atoms with van der Waals surface area (Å²) in [5.74, 6) is 1.35. The highest BCUT2D eigenvalue weighted by Crippen LogP contribution is 2.56. The van der Waals surface area contributed by atoms with Gasteiger partial charge in [-0.05, 0) is 94.6 Å². The van der Waals surface area contributed by atoms with Crippen molar-refractivity contribution in [3.63, 3.8) is 0 Å². The van der Waals surface area contributed by atoms with E-state index < -0.39 is 10.8 Å². The molecule has 1 heteroatoms. The third-order valence-electron chi connectivity index (χ3n) is 11.7. The molecule has 2 atom stereocenters. The van der Waals surface area contributed by atoms with Crippen molar-refractivity contribution in [3.8, 4) is 0 Å². The molecule has 0 heterocycles. The fraction of sp³-hybridized carbons (Fsp3) is 0.629. The Balaban J connectivity index is 1.77. The topological polar surface area (TPSA) is 17.1 Å². The first-order valence-electron chi connectivity index (χ1n) is 14.0. The molecule has 0 aliphatic heterocycles. The van der Waals surface area contributed by atoms with Gasteiger partial charge < -0.3 is 0 Å². The van der Waals surface area contributed by atoms with Crippen LogP contribution in [-0.4, -0.2) is 5.78 Å². The van der Waals surface area contributed by atoms with Crippen LogP contribution in [0.3, 0.4) is 0 Å². The van der Waals surface area contributed by atoms with Gasteiger partial charge >= 0.3 is 0 Å². The van der Waals surface area contributed by atoms with E-state index in [9.17, 15) is 4.79 Å². The van der Waals surface area contributed by atoms with Crippen molar-refractivity contribution < 1.29 is 4.79 Å². The fourth-order valence-corrected chi connectivity index (χ4v) is 7.84. The molecule has 0 amide bonds. The van der Waals surface area contributed by atoms with Crippen LogP contribution in [0.25, 0.3) is 0 Å². The normalized spacial score (nSPS) is 25.4. The molecular weight excluding hydrogens is 436 g/mol. The Bertz CT molecular complexity index is 1140. The first kappa shape index (κ1) is 27.2. The number of rotatable bonds is 4. The third-order valence-corrected chi connectivity index (χ3v) is 11.7. The molecule has 0 aromatic heterocycles. The van der Waals surface area contributed by atoms with E-state index in [0.29, 0.717) is 11.8 Å². The molecule has 0 bridgehead atoms. The molecule has 1 nitrogen and oxygen atoms in total. The third kappa shape index (κ3) is 3.36. The first-order chi connectivity index (χ1) is 16.1. The molecule has 0 fully saturated rings. The number of carbonyl (C=O) groups is 1. The molecule has 0 radical (unpaired) electrons. The van der Waals surface area contributed by atoms with Crippen molar-refractivity contribution in [2.45, 2.75) is 129 Å². The van der Waals surface area contributed by atoms with Crippen LogP contribution in [0.4, 0.5) is 0 Å². The summed E-state index contributed by atoms with van der Waals surface area (Å²) in [6.07, 6.45) is 0. The van der Waals surface area contributed by atoms with Crippen LogP contribution in [-0.2, 0) is 37.3 Å². The molecule has 2 unspecified atom stereocenters. The number of hydrogen-bond donors (Lipinski definition) is 0. The molecule has 36 heavy (non-hydrogen) atoms. The minimum Gasteiger partial charge on any atom is -0.298 e. The Kier molecular flexibility index (Phi) is 5.72. The van der Waals surface area contributed by atoms with Gasteiger partial charge in [-0.15, -0.1) is 0 Å². The molecule has 4 rings (SSSR count). The minimum atomic E-state index is -0.592. The maximum Gasteiger partial charge on any atom is 0.152 e. The van der Waals surface area contributed by atoms with Gasteiger partial charge in [-0.1, -0.05) is 106 Å². The Morgan fingerprint density at radius 3 is 1.14 bits per heavy atom. The molecule has 0 spiro atoms. The summed E-state index contributed by atoms with van der Waals surface area (Å²) < 4.78 is 0. The second-order valence-corrected chi connectivity index (χ2v) is 15.4. The summed E-state index contributed by atoms with van der Waals surface area (Å²) in [6, 6.07) is 13.8. The monoisotopic (exact) mass is 486 g/mol. The van der Waals surface area contributed by atoms with Gasteiger partial charge in [0.2, 0.25) is 0 Å². The average molecular weight is 487 g/mol. The maximum absolute atomic E-state index is 14.4. The van der Waals surface area contributed by atoms with Gasteiger partial charge in [0.25, 0.3) is 0 Å². The lowest BCUT2D eigenvalue weighted by Crippen LogP contribution is -2.43. The van der Waals surface area contributed by atoms with Crippen LogP contribution in [0.1, 0.15) is 130 Å². The number of fused-ring (bicyclic) bond motifs is 2. The molecule has 0 saturated heterocycles. The molecule has 196 valence electrons. The fourth-order valence-electron chi connectivity index (χ4n) is 7.84.